The van der Waals surface area contributed by atoms with Crippen LogP contribution in [0.2, 0.25) is 0 Å². The average molecular weight is 1200 g/mol. The van der Waals surface area contributed by atoms with Gasteiger partial charge in [0.05, 0.1) is 33.2 Å². The number of amides is 4. The molecule has 0 saturated carbocycles. The minimum atomic E-state index is -0.400. The lowest BCUT2D eigenvalue weighted by Gasteiger charge is -2.34. The van der Waals surface area contributed by atoms with Crippen LogP contribution in [-0.2, 0) is 21.7 Å². The first kappa shape index (κ1) is 62.1. The molecule has 4 heterocycles. The van der Waals surface area contributed by atoms with Gasteiger partial charge in [-0.1, -0.05) is 210 Å². The number of nitrogens with zero attached hydrogens (tertiary/aromatic N) is 4. The first-order valence-electron chi connectivity index (χ1n) is 33.6. The van der Waals surface area contributed by atoms with Crippen molar-refractivity contribution in [3.05, 3.63) is 178 Å². The Bertz CT molecular complexity index is 4070. The monoisotopic (exact) mass is 1200 g/mol. The summed E-state index contributed by atoms with van der Waals surface area (Å²) in [6.07, 6.45) is 11.9. The van der Waals surface area contributed by atoms with E-state index in [9.17, 15) is 0 Å². The standard InChI is InChI=1S/C82H92N4O4/c1-15-17-19-21-23-25-43-83-75(87)65-49-60(52-29-37-58(38-30-52)86-69-41-33-55(81(9,10)11)47-63(69)64-48-56(82(12,13)14)34-42-70(64)86)74-72-66(76(88)84(78(74)90)44-26-24-22-20-18-16-2)50-59(73(71(65)72)77(83)89)51-27-35-57(36-28-51)85-67-39-31-53(79(3,4)5)45-61(67)62-46-54(80(6,7)8)32-40-68(62)85/h27-42,45-50H,15-26,43-44H2,1-14H3. The van der Waals surface area contributed by atoms with Gasteiger partial charge in [0, 0.05) is 67.9 Å². The Hall–Kier alpha value is -8.10. The van der Waals surface area contributed by atoms with E-state index in [0.29, 0.717) is 57.0 Å². The summed E-state index contributed by atoms with van der Waals surface area (Å²) in [6, 6.07) is 47.8. The Morgan fingerprint density at radius 2 is 0.578 bits per heavy atom. The molecule has 8 nitrogen and oxygen atoms in total. The van der Waals surface area contributed by atoms with Crippen LogP contribution in [0.25, 0.3) is 88.0 Å². The smallest absolute Gasteiger partial charge is 0.262 e. The molecule has 464 valence electrons. The van der Waals surface area contributed by atoms with Crippen LogP contribution in [0.3, 0.4) is 0 Å². The topological polar surface area (TPSA) is 84.6 Å². The fraction of sp³-hybridized carbons (Fsp3) is 0.390. The van der Waals surface area contributed by atoms with E-state index >= 15 is 19.2 Å². The van der Waals surface area contributed by atoms with Crippen molar-refractivity contribution in [2.24, 2.45) is 0 Å². The summed E-state index contributed by atoms with van der Waals surface area (Å²) >= 11 is 0. The number of hydrogen-bond acceptors (Lipinski definition) is 4. The van der Waals surface area contributed by atoms with Crippen molar-refractivity contribution in [3.8, 4) is 33.6 Å². The summed E-state index contributed by atoms with van der Waals surface area (Å²) in [5.74, 6) is -1.59. The fourth-order valence-corrected chi connectivity index (χ4v) is 14.2. The predicted molar refractivity (Wildman–Crippen MR) is 376 cm³/mol. The molecule has 2 aliphatic heterocycles. The summed E-state index contributed by atoms with van der Waals surface area (Å²) in [4.78, 5) is 65.2. The largest absolute Gasteiger partial charge is 0.309 e. The van der Waals surface area contributed by atoms with E-state index in [0.717, 1.165) is 109 Å². The second-order valence-electron chi connectivity index (χ2n) is 30.2. The van der Waals surface area contributed by atoms with Gasteiger partial charge in [0.2, 0.25) is 0 Å². The molecule has 0 atom stereocenters. The lowest BCUT2D eigenvalue weighted by Crippen LogP contribution is -2.44. The first-order chi connectivity index (χ1) is 42.8. The zero-order chi connectivity index (χ0) is 63.9. The third-order valence-corrected chi connectivity index (χ3v) is 19.6. The summed E-state index contributed by atoms with van der Waals surface area (Å²) in [5.41, 5.74) is 15.2. The lowest BCUT2D eigenvalue weighted by molar-refractivity contribution is 0.0587. The molecule has 0 radical (unpaired) electrons. The zero-order valence-corrected chi connectivity index (χ0v) is 56.0. The van der Waals surface area contributed by atoms with E-state index in [4.69, 9.17) is 0 Å². The molecule has 0 saturated heterocycles. The lowest BCUT2D eigenvalue weighted by atomic mass is 9.79. The summed E-state index contributed by atoms with van der Waals surface area (Å²) in [5, 5.41) is 5.54. The Morgan fingerprint density at radius 3 is 0.856 bits per heavy atom. The Morgan fingerprint density at radius 1 is 0.300 bits per heavy atom. The van der Waals surface area contributed by atoms with Gasteiger partial charge in [0.15, 0.2) is 0 Å². The van der Waals surface area contributed by atoms with Gasteiger partial charge in [-0.15, -0.1) is 0 Å². The SMILES string of the molecule is CCCCCCCCN1C(=O)c2cc(-c3ccc(-n4c5ccc(C(C)(C)C)cc5c5cc(C(C)(C)C)ccc54)cc3)c3c4c(cc(-c5ccc(-n6c7ccc(C(C)(C)C)cc7c7cc(C(C)(C)C)ccc76)cc5)c(c24)C1=O)C(=O)N(CCCCCCCC)C3=O. The van der Waals surface area contributed by atoms with E-state index in [1.807, 2.05) is 12.1 Å². The minimum Gasteiger partial charge on any atom is -0.309 e. The van der Waals surface area contributed by atoms with Gasteiger partial charge in [-0.05, 0) is 164 Å². The molecule has 0 N–H and O–H groups in total. The molecule has 90 heavy (non-hydrogen) atoms. The minimum absolute atomic E-state index is 0.0462. The number of unbranched alkanes of at least 4 members (excludes halogenated alkanes) is 10. The van der Waals surface area contributed by atoms with Crippen LogP contribution in [0.15, 0.2) is 133 Å². The van der Waals surface area contributed by atoms with Crippen molar-refractivity contribution in [1.82, 2.24) is 18.9 Å². The summed E-state index contributed by atoms with van der Waals surface area (Å²) in [7, 11) is 0. The molecule has 0 spiro atoms. The Balaban J connectivity index is 1.04. The highest BCUT2D eigenvalue weighted by atomic mass is 16.2. The second-order valence-corrected chi connectivity index (χ2v) is 30.2. The maximum Gasteiger partial charge on any atom is 0.262 e. The van der Waals surface area contributed by atoms with Gasteiger partial charge in [0.25, 0.3) is 23.6 Å². The summed E-state index contributed by atoms with van der Waals surface area (Å²) in [6.45, 7) is 32.0. The number of imide groups is 2. The molecule has 2 aliphatic rings. The van der Waals surface area contributed by atoms with E-state index in [1.54, 1.807) is 0 Å². The average Bonchev–Trinajstić information content (AvgIpc) is 0.823. The molecular weight excluding hydrogens is 1100 g/mol. The van der Waals surface area contributed by atoms with Gasteiger partial charge >= 0.3 is 0 Å². The molecule has 0 aliphatic carbocycles. The Kier molecular flexibility index (Phi) is 16.3. The molecule has 8 heteroatoms. The number of hydrogen-bond donors (Lipinski definition) is 0. The normalized spacial score (nSPS) is 14.1. The highest BCUT2D eigenvalue weighted by molar-refractivity contribution is 6.36. The number of benzene rings is 8. The number of aromatic nitrogens is 2. The number of fused-ring (bicyclic) bond motifs is 6. The van der Waals surface area contributed by atoms with Gasteiger partial charge in [0.1, 0.15) is 0 Å². The zero-order valence-electron chi connectivity index (χ0n) is 56.0. The van der Waals surface area contributed by atoms with E-state index < -0.39 is 23.6 Å². The third kappa shape index (κ3) is 11.1. The second kappa shape index (κ2) is 23.6. The van der Waals surface area contributed by atoms with Crippen LogP contribution in [0.1, 0.15) is 238 Å². The molecule has 10 aromatic rings. The molecule has 8 aromatic carbocycles. The van der Waals surface area contributed by atoms with Gasteiger partial charge < -0.3 is 9.13 Å². The predicted octanol–water partition coefficient (Wildman–Crippen LogP) is 21.5. The molecular formula is C82H92N4O4. The number of rotatable bonds is 18. The maximum atomic E-state index is 15.7. The first-order valence-corrected chi connectivity index (χ1v) is 33.6. The molecule has 4 amide bonds. The van der Waals surface area contributed by atoms with E-state index in [1.165, 1.54) is 53.6 Å². The van der Waals surface area contributed by atoms with Crippen molar-refractivity contribution in [2.45, 2.75) is 196 Å². The molecule has 0 unspecified atom stereocenters. The molecule has 0 bridgehead atoms. The van der Waals surface area contributed by atoms with Crippen molar-refractivity contribution < 1.29 is 19.2 Å². The van der Waals surface area contributed by atoms with Gasteiger partial charge in [-0.2, -0.15) is 0 Å². The fourth-order valence-electron chi connectivity index (χ4n) is 14.2. The van der Waals surface area contributed by atoms with Crippen molar-refractivity contribution >= 4 is 78.0 Å². The van der Waals surface area contributed by atoms with Crippen LogP contribution in [0.4, 0.5) is 0 Å². The van der Waals surface area contributed by atoms with Crippen LogP contribution >= 0.6 is 0 Å². The van der Waals surface area contributed by atoms with Crippen molar-refractivity contribution in [1.29, 1.82) is 0 Å². The van der Waals surface area contributed by atoms with Gasteiger partial charge in [-0.25, -0.2) is 0 Å². The van der Waals surface area contributed by atoms with Crippen LogP contribution in [-0.4, -0.2) is 55.7 Å². The Labute approximate surface area is 533 Å². The summed E-state index contributed by atoms with van der Waals surface area (Å²) < 4.78 is 4.66. The highest BCUT2D eigenvalue weighted by Gasteiger charge is 2.43. The van der Waals surface area contributed by atoms with Crippen molar-refractivity contribution in [3.63, 3.8) is 0 Å². The molecule has 0 fully saturated rings. The number of carbonyl (C=O) groups is 4. The van der Waals surface area contributed by atoms with E-state index in [2.05, 4.69) is 227 Å². The number of carbonyl (C=O) groups excluding carboxylic acids is 4. The van der Waals surface area contributed by atoms with Crippen LogP contribution in [0, 0.1) is 0 Å². The third-order valence-electron chi connectivity index (χ3n) is 19.6. The molecule has 12 rings (SSSR count). The van der Waals surface area contributed by atoms with Gasteiger partial charge in [-0.3, -0.25) is 29.0 Å². The van der Waals surface area contributed by atoms with Crippen LogP contribution < -0.4 is 0 Å². The maximum absolute atomic E-state index is 15.7. The quantitative estimate of drug-likeness (QED) is 0.0633. The van der Waals surface area contributed by atoms with Crippen LogP contribution in [0.5, 0.6) is 0 Å². The van der Waals surface area contributed by atoms with E-state index in [-0.39, 0.29) is 34.7 Å². The highest BCUT2D eigenvalue weighted by Crippen LogP contribution is 2.48. The molecule has 2 aromatic heterocycles. The van der Waals surface area contributed by atoms with Crippen molar-refractivity contribution in [2.75, 3.05) is 13.1 Å².